The quantitative estimate of drug-likeness (QED) is 0.604. The van der Waals surface area contributed by atoms with Crippen molar-refractivity contribution in [1.82, 2.24) is 0 Å². The lowest BCUT2D eigenvalue weighted by atomic mass is 10.5. The predicted octanol–water partition coefficient (Wildman–Crippen LogP) is 1.09. The highest BCUT2D eigenvalue weighted by Gasteiger charge is 2.16. The number of ether oxygens (including phenoxy) is 1. The third-order valence-corrected chi connectivity index (χ3v) is 1.34. The molecule has 0 saturated carbocycles. The third-order valence-electron chi connectivity index (χ3n) is 0.867. The Morgan fingerprint density at radius 1 is 2.00 bits per heavy atom. The minimum Gasteiger partial charge on any atom is -0.362 e. The van der Waals surface area contributed by atoms with Crippen LogP contribution in [0.3, 0.4) is 0 Å². The molecule has 0 aliphatic carbocycles. The monoisotopic (exact) mass is 179 g/mol. The molecule has 0 bridgehead atoms. The predicted molar refractivity (Wildman–Crippen MR) is 32.9 cm³/mol. The summed E-state index contributed by atoms with van der Waals surface area (Å²) in [4.78, 5) is 4.73. The van der Waals surface area contributed by atoms with Crippen LogP contribution in [0.15, 0.2) is 5.16 Å². The van der Waals surface area contributed by atoms with Crippen molar-refractivity contribution in [2.24, 2.45) is 5.16 Å². The Balaban J connectivity index is 2.32. The number of hydrogen-bond donors (Lipinski definition) is 0. The molecule has 1 unspecified atom stereocenters. The minimum absolute atomic E-state index is 0.177. The number of nitrogens with zero attached hydrogens (tertiary/aromatic N) is 1. The standard InChI is InChI=1S/C4H6BrNO2/c1-7-4-2-3(5)6-8-4/h4H,2H2,1H3. The average molecular weight is 180 g/mol. The Bertz CT molecular complexity index is 115. The lowest BCUT2D eigenvalue weighted by Crippen LogP contribution is -2.07. The largest absolute Gasteiger partial charge is 0.362 e. The maximum atomic E-state index is 4.81. The third kappa shape index (κ3) is 1.20. The molecule has 1 heterocycles. The summed E-state index contributed by atoms with van der Waals surface area (Å²) in [5, 5.41) is 3.60. The second-order valence-corrected chi connectivity index (χ2v) is 2.36. The number of rotatable bonds is 1. The molecule has 0 aromatic carbocycles. The number of hydrogen-bond acceptors (Lipinski definition) is 3. The van der Waals surface area contributed by atoms with E-state index in [0.717, 1.165) is 11.0 Å². The van der Waals surface area contributed by atoms with E-state index in [1.165, 1.54) is 0 Å². The van der Waals surface area contributed by atoms with Crippen LogP contribution in [0.4, 0.5) is 0 Å². The van der Waals surface area contributed by atoms with Gasteiger partial charge in [-0.25, -0.2) is 0 Å². The van der Waals surface area contributed by atoms with Gasteiger partial charge in [-0.3, -0.25) is 0 Å². The fourth-order valence-corrected chi connectivity index (χ4v) is 0.802. The van der Waals surface area contributed by atoms with Crippen molar-refractivity contribution >= 4 is 20.6 Å². The van der Waals surface area contributed by atoms with Gasteiger partial charge in [0.15, 0.2) is 0 Å². The van der Waals surface area contributed by atoms with Gasteiger partial charge in [0.1, 0.15) is 4.62 Å². The molecule has 1 atom stereocenters. The molecule has 0 aromatic heterocycles. The molecule has 0 N–H and O–H groups in total. The lowest BCUT2D eigenvalue weighted by molar-refractivity contribution is -0.103. The maximum Gasteiger partial charge on any atom is 0.232 e. The van der Waals surface area contributed by atoms with Crippen LogP contribution in [-0.4, -0.2) is 18.0 Å². The molecular formula is C4H6BrNO2. The van der Waals surface area contributed by atoms with Gasteiger partial charge in [0.25, 0.3) is 0 Å². The molecule has 0 aromatic rings. The molecule has 1 aliphatic heterocycles. The van der Waals surface area contributed by atoms with E-state index in [1.54, 1.807) is 7.11 Å². The summed E-state index contributed by atoms with van der Waals surface area (Å²) < 4.78 is 5.62. The summed E-state index contributed by atoms with van der Waals surface area (Å²) in [7, 11) is 1.59. The zero-order valence-electron chi connectivity index (χ0n) is 4.43. The van der Waals surface area contributed by atoms with Crippen LogP contribution in [0.2, 0.25) is 0 Å². The lowest BCUT2D eigenvalue weighted by Gasteiger charge is -2.01. The zero-order valence-corrected chi connectivity index (χ0v) is 6.01. The topological polar surface area (TPSA) is 30.8 Å². The van der Waals surface area contributed by atoms with E-state index in [9.17, 15) is 0 Å². The van der Waals surface area contributed by atoms with Crippen LogP contribution < -0.4 is 0 Å². The van der Waals surface area contributed by atoms with Gasteiger partial charge < -0.3 is 9.57 Å². The Labute approximate surface area is 55.8 Å². The molecule has 0 fully saturated rings. The van der Waals surface area contributed by atoms with Gasteiger partial charge in [0.2, 0.25) is 6.29 Å². The summed E-state index contributed by atoms with van der Waals surface area (Å²) in [5.74, 6) is 0. The first-order valence-corrected chi connectivity index (χ1v) is 3.03. The molecule has 0 spiro atoms. The van der Waals surface area contributed by atoms with E-state index in [1.807, 2.05) is 0 Å². The molecule has 1 rings (SSSR count). The molecule has 4 heteroatoms. The first-order valence-electron chi connectivity index (χ1n) is 2.24. The minimum atomic E-state index is -0.177. The smallest absolute Gasteiger partial charge is 0.232 e. The molecular weight excluding hydrogens is 174 g/mol. The summed E-state index contributed by atoms with van der Waals surface area (Å²) in [6.07, 6.45) is 0.542. The van der Waals surface area contributed by atoms with Crippen LogP contribution in [-0.2, 0) is 9.57 Å². The number of halogens is 1. The Morgan fingerprint density at radius 3 is 3.00 bits per heavy atom. The second-order valence-electron chi connectivity index (χ2n) is 1.44. The zero-order chi connectivity index (χ0) is 5.98. The summed E-state index contributed by atoms with van der Waals surface area (Å²) >= 11 is 3.16. The van der Waals surface area contributed by atoms with E-state index in [4.69, 9.17) is 9.57 Å². The summed E-state index contributed by atoms with van der Waals surface area (Å²) in [6.45, 7) is 0. The van der Waals surface area contributed by atoms with Crippen LogP contribution in [0.5, 0.6) is 0 Å². The van der Waals surface area contributed by atoms with Gasteiger partial charge in [0, 0.05) is 7.11 Å². The first-order chi connectivity index (χ1) is 3.83. The highest BCUT2D eigenvalue weighted by Crippen LogP contribution is 2.13. The molecule has 46 valence electrons. The number of methoxy groups -OCH3 is 1. The van der Waals surface area contributed by atoms with Gasteiger partial charge in [-0.2, -0.15) is 0 Å². The van der Waals surface area contributed by atoms with Crippen molar-refractivity contribution in [3.63, 3.8) is 0 Å². The van der Waals surface area contributed by atoms with E-state index < -0.39 is 0 Å². The van der Waals surface area contributed by atoms with E-state index in [2.05, 4.69) is 21.1 Å². The van der Waals surface area contributed by atoms with E-state index in [-0.39, 0.29) is 6.29 Å². The van der Waals surface area contributed by atoms with E-state index >= 15 is 0 Å². The van der Waals surface area contributed by atoms with Crippen LogP contribution in [0.1, 0.15) is 6.42 Å². The molecule has 0 amide bonds. The van der Waals surface area contributed by atoms with Crippen LogP contribution in [0, 0.1) is 0 Å². The fourth-order valence-electron chi connectivity index (χ4n) is 0.454. The van der Waals surface area contributed by atoms with E-state index in [0.29, 0.717) is 0 Å². The van der Waals surface area contributed by atoms with Crippen molar-refractivity contribution in [3.8, 4) is 0 Å². The first kappa shape index (κ1) is 6.04. The Kier molecular flexibility index (Phi) is 1.85. The highest BCUT2D eigenvalue weighted by atomic mass is 79.9. The molecule has 1 aliphatic rings. The molecule has 3 nitrogen and oxygen atoms in total. The molecule has 0 saturated heterocycles. The Hall–Kier alpha value is -0.0900. The number of oxime groups is 1. The Morgan fingerprint density at radius 2 is 2.75 bits per heavy atom. The summed E-state index contributed by atoms with van der Waals surface area (Å²) in [6, 6.07) is 0. The fraction of sp³-hybridized carbons (Fsp3) is 0.750. The van der Waals surface area contributed by atoms with Crippen molar-refractivity contribution in [2.45, 2.75) is 12.7 Å². The molecule has 8 heavy (non-hydrogen) atoms. The normalized spacial score (nSPS) is 27.2. The van der Waals surface area contributed by atoms with Crippen molar-refractivity contribution in [1.29, 1.82) is 0 Å². The average Bonchev–Trinajstić information content (AvgIpc) is 2.14. The van der Waals surface area contributed by atoms with Crippen molar-refractivity contribution < 1.29 is 9.57 Å². The van der Waals surface area contributed by atoms with Gasteiger partial charge in [-0.15, -0.1) is 0 Å². The molecule has 0 radical (unpaired) electrons. The highest BCUT2D eigenvalue weighted by molar-refractivity contribution is 9.18. The van der Waals surface area contributed by atoms with Gasteiger partial charge in [-0.05, 0) is 15.9 Å². The summed E-state index contributed by atoms with van der Waals surface area (Å²) in [5.41, 5.74) is 0. The van der Waals surface area contributed by atoms with Gasteiger partial charge in [-0.1, -0.05) is 5.16 Å². The van der Waals surface area contributed by atoms with Crippen molar-refractivity contribution in [3.05, 3.63) is 0 Å². The van der Waals surface area contributed by atoms with Gasteiger partial charge >= 0.3 is 0 Å². The van der Waals surface area contributed by atoms with Crippen LogP contribution >= 0.6 is 15.9 Å². The SMILES string of the molecule is COC1CC(Br)=NO1. The van der Waals surface area contributed by atoms with Crippen LogP contribution in [0.25, 0.3) is 0 Å². The van der Waals surface area contributed by atoms with Gasteiger partial charge in [0.05, 0.1) is 6.42 Å². The maximum absolute atomic E-state index is 4.81. The van der Waals surface area contributed by atoms with Crippen molar-refractivity contribution in [2.75, 3.05) is 7.11 Å². The second kappa shape index (κ2) is 2.46.